The van der Waals surface area contributed by atoms with E-state index in [1.54, 1.807) is 0 Å². The predicted octanol–water partition coefficient (Wildman–Crippen LogP) is 1.54. The lowest BCUT2D eigenvalue weighted by Crippen LogP contribution is -2.49. The number of piperazine rings is 1. The smallest absolute Gasteiger partial charge is 0.313 e. The lowest BCUT2D eigenvalue weighted by Gasteiger charge is -2.33. The highest BCUT2D eigenvalue weighted by Crippen LogP contribution is 2.34. The van der Waals surface area contributed by atoms with Crippen LogP contribution in [0.25, 0.3) is 0 Å². The van der Waals surface area contributed by atoms with Crippen molar-refractivity contribution in [3.63, 3.8) is 0 Å². The molecule has 0 aliphatic carbocycles. The van der Waals surface area contributed by atoms with E-state index in [-0.39, 0.29) is 17.5 Å². The van der Waals surface area contributed by atoms with Crippen molar-refractivity contribution in [2.75, 3.05) is 31.6 Å². The zero-order chi connectivity index (χ0) is 14.0. The molecule has 1 aromatic rings. The fourth-order valence-corrected chi connectivity index (χ4v) is 2.23. The topological polar surface area (TPSA) is 67.6 Å². The van der Waals surface area contributed by atoms with Crippen LogP contribution >= 0.6 is 0 Å². The lowest BCUT2D eigenvalue weighted by atomic mass is 10.1. The third-order valence-corrected chi connectivity index (χ3v) is 3.15. The summed E-state index contributed by atoms with van der Waals surface area (Å²) in [5.74, 6) is -0.519. The molecule has 1 atom stereocenters. The van der Waals surface area contributed by atoms with Crippen LogP contribution in [-0.4, -0.2) is 37.7 Å². The Morgan fingerprint density at radius 2 is 2.32 bits per heavy atom. The summed E-state index contributed by atoms with van der Waals surface area (Å²) >= 11 is 0. The Morgan fingerprint density at radius 3 is 2.89 bits per heavy atom. The fraction of sp³-hybridized carbons (Fsp3) is 0.500. The van der Waals surface area contributed by atoms with E-state index < -0.39 is 10.7 Å². The van der Waals surface area contributed by atoms with Crippen LogP contribution in [0.1, 0.15) is 6.92 Å². The van der Waals surface area contributed by atoms with Gasteiger partial charge in [-0.1, -0.05) is 0 Å². The highest BCUT2D eigenvalue weighted by atomic mass is 19.1. The van der Waals surface area contributed by atoms with Crippen LogP contribution in [0.5, 0.6) is 5.75 Å². The zero-order valence-electron chi connectivity index (χ0n) is 10.9. The van der Waals surface area contributed by atoms with Crippen molar-refractivity contribution in [2.24, 2.45) is 0 Å². The number of methoxy groups -OCH3 is 1. The van der Waals surface area contributed by atoms with Crippen LogP contribution in [0.15, 0.2) is 12.1 Å². The summed E-state index contributed by atoms with van der Waals surface area (Å²) < 4.78 is 19.0. The molecule has 7 heteroatoms. The van der Waals surface area contributed by atoms with Gasteiger partial charge < -0.3 is 15.0 Å². The molecule has 1 N–H and O–H groups in total. The van der Waals surface area contributed by atoms with Gasteiger partial charge in [0.1, 0.15) is 0 Å². The molecule has 0 unspecified atom stereocenters. The van der Waals surface area contributed by atoms with E-state index in [0.29, 0.717) is 18.8 Å². The first-order valence-corrected chi connectivity index (χ1v) is 6.03. The SMILES string of the molecule is COc1cc(N2CCN[C@H](C)C2)c(F)cc1[N+](=O)[O-]. The zero-order valence-corrected chi connectivity index (χ0v) is 10.9. The van der Waals surface area contributed by atoms with E-state index in [4.69, 9.17) is 4.74 Å². The van der Waals surface area contributed by atoms with E-state index in [9.17, 15) is 14.5 Å². The second-order valence-corrected chi connectivity index (χ2v) is 4.53. The monoisotopic (exact) mass is 269 g/mol. The highest BCUT2D eigenvalue weighted by molar-refractivity contribution is 5.60. The maximum absolute atomic E-state index is 14.0. The number of hydrogen-bond acceptors (Lipinski definition) is 5. The van der Waals surface area contributed by atoms with Crippen molar-refractivity contribution >= 4 is 11.4 Å². The van der Waals surface area contributed by atoms with Gasteiger partial charge in [-0.3, -0.25) is 10.1 Å². The molecule has 1 aliphatic heterocycles. The van der Waals surface area contributed by atoms with Gasteiger partial charge in [0.25, 0.3) is 0 Å². The summed E-state index contributed by atoms with van der Waals surface area (Å²) in [7, 11) is 1.34. The molecular formula is C12H16FN3O3. The van der Waals surface area contributed by atoms with Crippen LogP contribution < -0.4 is 15.0 Å². The molecule has 1 aliphatic rings. The van der Waals surface area contributed by atoms with Gasteiger partial charge in [-0.05, 0) is 6.92 Å². The van der Waals surface area contributed by atoms with Gasteiger partial charge in [-0.15, -0.1) is 0 Å². The molecule has 1 saturated heterocycles. The molecule has 1 aromatic carbocycles. The molecule has 0 spiro atoms. The molecular weight excluding hydrogens is 253 g/mol. The average Bonchev–Trinajstić information content (AvgIpc) is 2.38. The molecule has 19 heavy (non-hydrogen) atoms. The summed E-state index contributed by atoms with van der Waals surface area (Å²) in [5, 5.41) is 14.1. The van der Waals surface area contributed by atoms with E-state index >= 15 is 0 Å². The summed E-state index contributed by atoms with van der Waals surface area (Å²) in [6.07, 6.45) is 0. The number of halogens is 1. The summed E-state index contributed by atoms with van der Waals surface area (Å²) in [5.41, 5.74) is -0.0114. The largest absolute Gasteiger partial charge is 0.490 e. The first-order valence-electron chi connectivity index (χ1n) is 6.03. The standard InChI is InChI=1S/C12H16FN3O3/c1-8-7-15(4-3-14-8)10-6-12(19-2)11(16(17)18)5-9(10)13/h5-6,8,14H,3-4,7H2,1-2H3/t8-/m1/s1. The van der Waals surface area contributed by atoms with Gasteiger partial charge in [0.05, 0.1) is 23.8 Å². The highest BCUT2D eigenvalue weighted by Gasteiger charge is 2.24. The third-order valence-electron chi connectivity index (χ3n) is 3.15. The molecule has 104 valence electrons. The van der Waals surface area contributed by atoms with Crippen LogP contribution in [0.4, 0.5) is 15.8 Å². The Labute approximate surface area is 110 Å². The van der Waals surface area contributed by atoms with Gasteiger partial charge >= 0.3 is 5.69 Å². The minimum absolute atomic E-state index is 0.0765. The van der Waals surface area contributed by atoms with E-state index in [2.05, 4.69) is 5.32 Å². The van der Waals surface area contributed by atoms with Crippen molar-refractivity contribution in [3.8, 4) is 5.75 Å². The van der Waals surface area contributed by atoms with Crippen molar-refractivity contribution in [1.82, 2.24) is 5.32 Å². The molecule has 2 rings (SSSR count). The van der Waals surface area contributed by atoms with Gasteiger partial charge in [-0.2, -0.15) is 0 Å². The Bertz CT molecular complexity index is 495. The third kappa shape index (κ3) is 2.76. The number of benzene rings is 1. The van der Waals surface area contributed by atoms with Gasteiger partial charge in [0.2, 0.25) is 0 Å². The number of rotatable bonds is 3. The second kappa shape index (κ2) is 5.40. The maximum Gasteiger partial charge on any atom is 0.313 e. The predicted molar refractivity (Wildman–Crippen MR) is 69.3 cm³/mol. The maximum atomic E-state index is 14.0. The quantitative estimate of drug-likeness (QED) is 0.666. The summed E-state index contributed by atoms with van der Waals surface area (Å²) in [6, 6.07) is 2.56. The molecule has 0 radical (unpaired) electrons. The number of nitrogens with zero attached hydrogens (tertiary/aromatic N) is 2. The minimum Gasteiger partial charge on any atom is -0.490 e. The Kier molecular flexibility index (Phi) is 3.84. The molecule has 0 aromatic heterocycles. The lowest BCUT2D eigenvalue weighted by molar-refractivity contribution is -0.385. The van der Waals surface area contributed by atoms with E-state index in [1.165, 1.54) is 13.2 Å². The Balaban J connectivity index is 2.38. The minimum atomic E-state index is -0.647. The normalized spacial score (nSPS) is 19.3. The van der Waals surface area contributed by atoms with Gasteiger partial charge in [-0.25, -0.2) is 4.39 Å². The van der Waals surface area contributed by atoms with E-state index in [0.717, 1.165) is 12.6 Å². The van der Waals surface area contributed by atoms with Crippen molar-refractivity contribution in [3.05, 3.63) is 28.1 Å². The number of hydrogen-bond donors (Lipinski definition) is 1. The molecule has 1 fully saturated rings. The van der Waals surface area contributed by atoms with Crippen molar-refractivity contribution < 1.29 is 14.1 Å². The Hall–Kier alpha value is -1.89. The van der Waals surface area contributed by atoms with E-state index in [1.807, 2.05) is 11.8 Å². The first-order chi connectivity index (χ1) is 9.02. The van der Waals surface area contributed by atoms with Crippen molar-refractivity contribution in [2.45, 2.75) is 13.0 Å². The second-order valence-electron chi connectivity index (χ2n) is 4.53. The van der Waals surface area contributed by atoms with Crippen LogP contribution in [0.2, 0.25) is 0 Å². The molecule has 6 nitrogen and oxygen atoms in total. The van der Waals surface area contributed by atoms with Crippen LogP contribution in [0, 0.1) is 15.9 Å². The fourth-order valence-electron chi connectivity index (χ4n) is 2.23. The van der Waals surface area contributed by atoms with Gasteiger partial charge in [0, 0.05) is 31.7 Å². The first kappa shape index (κ1) is 13.5. The number of nitrogens with one attached hydrogen (secondary N) is 1. The Morgan fingerprint density at radius 1 is 1.58 bits per heavy atom. The summed E-state index contributed by atoms with van der Waals surface area (Å²) in [4.78, 5) is 12.0. The molecule has 0 amide bonds. The molecule has 0 bridgehead atoms. The van der Waals surface area contributed by atoms with Crippen LogP contribution in [0.3, 0.4) is 0 Å². The molecule has 0 saturated carbocycles. The average molecular weight is 269 g/mol. The van der Waals surface area contributed by atoms with Crippen LogP contribution in [-0.2, 0) is 0 Å². The summed E-state index contributed by atoms with van der Waals surface area (Å²) in [6.45, 7) is 4.06. The number of nitro groups is 1. The number of nitro benzene ring substituents is 1. The molecule has 1 heterocycles. The number of anilines is 1. The van der Waals surface area contributed by atoms with Crippen molar-refractivity contribution in [1.29, 1.82) is 0 Å². The number of ether oxygens (including phenoxy) is 1. The van der Waals surface area contributed by atoms with Gasteiger partial charge in [0.15, 0.2) is 11.6 Å².